The molecule has 0 radical (unpaired) electrons. The fraction of sp³-hybridized carbons (Fsp3) is 0.500. The SMILES string of the molecule is NNc1nnc(CC(F)(F)F)o1. The molecule has 0 spiro atoms. The second-order valence-corrected chi connectivity index (χ2v) is 1.94. The van der Waals surface area contributed by atoms with Crippen LogP contribution in [0, 0.1) is 0 Å². The lowest BCUT2D eigenvalue weighted by Gasteiger charge is -1.99. The van der Waals surface area contributed by atoms with E-state index in [1.807, 2.05) is 5.43 Å². The van der Waals surface area contributed by atoms with Gasteiger partial charge in [0.05, 0.1) is 0 Å². The molecular formula is C4H5F3N4O. The smallest absolute Gasteiger partial charge is 0.397 e. The molecule has 0 unspecified atom stereocenters. The second kappa shape index (κ2) is 2.97. The fourth-order valence-electron chi connectivity index (χ4n) is 0.555. The van der Waals surface area contributed by atoms with Crippen molar-refractivity contribution in [1.29, 1.82) is 0 Å². The molecule has 5 nitrogen and oxygen atoms in total. The minimum atomic E-state index is -4.35. The van der Waals surface area contributed by atoms with Crippen LogP contribution in [0.3, 0.4) is 0 Å². The summed E-state index contributed by atoms with van der Waals surface area (Å²) in [6.45, 7) is 0. The van der Waals surface area contributed by atoms with Gasteiger partial charge in [0, 0.05) is 0 Å². The van der Waals surface area contributed by atoms with Crippen molar-refractivity contribution in [2.24, 2.45) is 5.84 Å². The Morgan fingerprint density at radius 1 is 1.42 bits per heavy atom. The Morgan fingerprint density at radius 2 is 2.08 bits per heavy atom. The number of nitrogens with one attached hydrogen (secondary N) is 1. The van der Waals surface area contributed by atoms with Crippen LogP contribution in [0.4, 0.5) is 19.2 Å². The number of nitrogen functional groups attached to an aromatic ring is 1. The summed E-state index contributed by atoms with van der Waals surface area (Å²) in [6.07, 6.45) is -5.60. The van der Waals surface area contributed by atoms with Gasteiger partial charge in [-0.3, -0.25) is 5.43 Å². The van der Waals surface area contributed by atoms with Crippen LogP contribution in [0.15, 0.2) is 4.42 Å². The quantitative estimate of drug-likeness (QED) is 0.513. The molecule has 0 bridgehead atoms. The zero-order chi connectivity index (χ0) is 9.19. The van der Waals surface area contributed by atoms with Crippen LogP contribution in [-0.2, 0) is 6.42 Å². The van der Waals surface area contributed by atoms with Gasteiger partial charge < -0.3 is 4.42 Å². The van der Waals surface area contributed by atoms with Crippen molar-refractivity contribution in [1.82, 2.24) is 10.2 Å². The summed E-state index contributed by atoms with van der Waals surface area (Å²) in [5.41, 5.74) is 1.93. The molecule has 3 N–H and O–H groups in total. The Kier molecular flexibility index (Phi) is 2.18. The minimum Gasteiger partial charge on any atom is -0.407 e. The summed E-state index contributed by atoms with van der Waals surface area (Å²) in [5, 5.41) is 6.26. The second-order valence-electron chi connectivity index (χ2n) is 1.94. The van der Waals surface area contributed by atoms with Gasteiger partial charge in [-0.1, -0.05) is 5.10 Å². The monoisotopic (exact) mass is 182 g/mol. The Hall–Kier alpha value is -1.31. The zero-order valence-electron chi connectivity index (χ0n) is 5.72. The lowest BCUT2D eigenvalue weighted by atomic mass is 10.4. The first-order chi connectivity index (χ1) is 5.51. The Bertz CT molecular complexity index is 257. The molecule has 0 aliphatic rings. The largest absolute Gasteiger partial charge is 0.407 e. The molecule has 8 heteroatoms. The molecule has 68 valence electrons. The van der Waals surface area contributed by atoms with Crippen molar-refractivity contribution in [2.45, 2.75) is 12.6 Å². The number of hydrogen-bond donors (Lipinski definition) is 2. The number of alkyl halides is 3. The van der Waals surface area contributed by atoms with Crippen LogP contribution in [0.5, 0.6) is 0 Å². The number of aromatic nitrogens is 2. The van der Waals surface area contributed by atoms with Crippen LogP contribution in [0.25, 0.3) is 0 Å². The maximum Gasteiger partial charge on any atom is 0.397 e. The highest BCUT2D eigenvalue weighted by molar-refractivity contribution is 5.12. The average Bonchev–Trinajstić information content (AvgIpc) is 2.32. The van der Waals surface area contributed by atoms with Crippen LogP contribution in [0.2, 0.25) is 0 Å². The summed E-state index contributed by atoms with van der Waals surface area (Å²) < 4.78 is 39.5. The fourth-order valence-corrected chi connectivity index (χ4v) is 0.555. The summed E-state index contributed by atoms with van der Waals surface area (Å²) in [5.74, 6) is 4.28. The molecule has 1 aromatic rings. The third-order valence-corrected chi connectivity index (χ3v) is 0.942. The molecular weight excluding hydrogens is 177 g/mol. The van der Waals surface area contributed by atoms with Gasteiger partial charge >= 0.3 is 12.2 Å². The summed E-state index contributed by atoms with van der Waals surface area (Å²) >= 11 is 0. The Morgan fingerprint density at radius 3 is 2.50 bits per heavy atom. The topological polar surface area (TPSA) is 77.0 Å². The van der Waals surface area contributed by atoms with E-state index < -0.39 is 18.5 Å². The van der Waals surface area contributed by atoms with Gasteiger partial charge in [-0.05, 0) is 0 Å². The maximum absolute atomic E-state index is 11.7. The van der Waals surface area contributed by atoms with Crippen molar-refractivity contribution in [3.63, 3.8) is 0 Å². The van der Waals surface area contributed by atoms with Gasteiger partial charge in [0.25, 0.3) is 0 Å². The van der Waals surface area contributed by atoms with Crippen molar-refractivity contribution < 1.29 is 17.6 Å². The highest BCUT2D eigenvalue weighted by Crippen LogP contribution is 2.20. The van der Waals surface area contributed by atoms with Crippen LogP contribution >= 0.6 is 0 Å². The van der Waals surface area contributed by atoms with Gasteiger partial charge in [-0.25, -0.2) is 5.84 Å². The van der Waals surface area contributed by atoms with Crippen LogP contribution in [0.1, 0.15) is 5.89 Å². The predicted molar refractivity (Wildman–Crippen MR) is 31.9 cm³/mol. The number of anilines is 1. The van der Waals surface area contributed by atoms with Gasteiger partial charge in [0.1, 0.15) is 6.42 Å². The molecule has 1 heterocycles. The standard InChI is InChI=1S/C4H5F3N4O/c5-4(6,7)1-2-10-11-3(9-8)12-2/h1,8H2,(H,9,11). The number of nitrogens with zero attached hydrogens (tertiary/aromatic N) is 2. The third kappa shape index (κ3) is 2.38. The van der Waals surface area contributed by atoms with Crippen molar-refractivity contribution in [3.05, 3.63) is 5.89 Å². The normalized spacial score (nSPS) is 11.7. The lowest BCUT2D eigenvalue weighted by Crippen LogP contribution is -2.11. The Balaban J connectivity index is 2.64. The molecule has 1 aromatic heterocycles. The van der Waals surface area contributed by atoms with Gasteiger partial charge in [-0.2, -0.15) is 13.2 Å². The minimum absolute atomic E-state index is 0.241. The van der Waals surface area contributed by atoms with E-state index in [1.165, 1.54) is 0 Å². The summed E-state index contributed by atoms with van der Waals surface area (Å²) in [4.78, 5) is 0. The maximum atomic E-state index is 11.7. The first kappa shape index (κ1) is 8.78. The van der Waals surface area contributed by atoms with E-state index in [0.29, 0.717) is 0 Å². The molecule has 0 aliphatic heterocycles. The Labute approximate surface area is 64.7 Å². The van der Waals surface area contributed by atoms with Gasteiger partial charge in [0.2, 0.25) is 5.89 Å². The first-order valence-corrected chi connectivity index (χ1v) is 2.87. The summed E-state index contributed by atoms with van der Waals surface area (Å²) in [6, 6.07) is -0.241. The van der Waals surface area contributed by atoms with E-state index in [2.05, 4.69) is 14.6 Å². The number of nitrogens with two attached hydrogens (primary N) is 1. The number of rotatable bonds is 2. The predicted octanol–water partition coefficient (Wildman–Crippen LogP) is 0.460. The molecule has 0 amide bonds. The van der Waals surface area contributed by atoms with Crippen LogP contribution < -0.4 is 11.3 Å². The number of halogens is 3. The van der Waals surface area contributed by atoms with Gasteiger partial charge in [-0.15, -0.1) is 5.10 Å². The lowest BCUT2D eigenvalue weighted by molar-refractivity contribution is -0.130. The molecule has 0 aromatic carbocycles. The van der Waals surface area contributed by atoms with Crippen molar-refractivity contribution >= 4 is 6.01 Å². The first-order valence-electron chi connectivity index (χ1n) is 2.87. The van der Waals surface area contributed by atoms with E-state index in [-0.39, 0.29) is 6.01 Å². The number of hydrogen-bond acceptors (Lipinski definition) is 5. The van der Waals surface area contributed by atoms with Crippen molar-refractivity contribution in [3.8, 4) is 0 Å². The number of hydrazine groups is 1. The van der Waals surface area contributed by atoms with Crippen molar-refractivity contribution in [2.75, 3.05) is 5.43 Å². The zero-order valence-corrected chi connectivity index (χ0v) is 5.72. The molecule has 0 saturated heterocycles. The van der Waals surface area contributed by atoms with E-state index in [1.54, 1.807) is 0 Å². The van der Waals surface area contributed by atoms with E-state index in [9.17, 15) is 13.2 Å². The molecule has 0 aliphatic carbocycles. The summed E-state index contributed by atoms with van der Waals surface area (Å²) in [7, 11) is 0. The molecule has 12 heavy (non-hydrogen) atoms. The molecule has 0 fully saturated rings. The van der Waals surface area contributed by atoms with E-state index in [0.717, 1.165) is 0 Å². The van der Waals surface area contributed by atoms with E-state index >= 15 is 0 Å². The van der Waals surface area contributed by atoms with Gasteiger partial charge in [0.15, 0.2) is 0 Å². The molecule has 0 saturated carbocycles. The average molecular weight is 182 g/mol. The highest BCUT2D eigenvalue weighted by Gasteiger charge is 2.30. The third-order valence-electron chi connectivity index (χ3n) is 0.942. The molecule has 0 atom stereocenters. The molecule has 1 rings (SSSR count). The van der Waals surface area contributed by atoms with Crippen LogP contribution in [-0.4, -0.2) is 16.4 Å². The highest BCUT2D eigenvalue weighted by atomic mass is 19.4. The van der Waals surface area contributed by atoms with E-state index in [4.69, 9.17) is 5.84 Å².